The molecule has 0 bridgehead atoms. The van der Waals surface area contributed by atoms with Crippen molar-refractivity contribution < 1.29 is 0 Å². The van der Waals surface area contributed by atoms with Gasteiger partial charge in [0.25, 0.3) is 0 Å². The van der Waals surface area contributed by atoms with Crippen LogP contribution in [-0.4, -0.2) is 25.0 Å². The van der Waals surface area contributed by atoms with Crippen molar-refractivity contribution in [3.05, 3.63) is 0 Å². The third kappa shape index (κ3) is 1.11. The van der Waals surface area contributed by atoms with Crippen LogP contribution in [0.4, 0.5) is 0 Å². The fourth-order valence-corrected chi connectivity index (χ4v) is 0.512. The maximum Gasteiger partial charge on any atom is 0.0815 e. The summed E-state index contributed by atoms with van der Waals surface area (Å²) in [4.78, 5) is 8.04. The van der Waals surface area contributed by atoms with Gasteiger partial charge in [0.15, 0.2) is 0 Å². The summed E-state index contributed by atoms with van der Waals surface area (Å²) in [6.07, 6.45) is 3.70. The summed E-state index contributed by atoms with van der Waals surface area (Å²) in [5.74, 6) is 0. The second-order valence-corrected chi connectivity index (χ2v) is 1.59. The third-order valence-electron chi connectivity index (χ3n) is 0.849. The fourth-order valence-electron chi connectivity index (χ4n) is 0.512. The molecule has 1 aliphatic heterocycles. The van der Waals surface area contributed by atoms with Crippen LogP contribution in [0, 0.1) is 0 Å². The summed E-state index contributed by atoms with van der Waals surface area (Å²) >= 11 is 0. The van der Waals surface area contributed by atoms with Gasteiger partial charge in [0.2, 0.25) is 0 Å². The molecule has 0 N–H and O–H groups in total. The molecular weight excluding hydrogens is 88.1 g/mol. The zero-order valence-electron chi connectivity index (χ0n) is 4.33. The van der Waals surface area contributed by atoms with E-state index in [9.17, 15) is 0 Å². The lowest BCUT2D eigenvalue weighted by molar-refractivity contribution is 0.970. The lowest BCUT2D eigenvalue weighted by atomic mass is 10.4. The number of aliphatic imine (C=N–C) groups is 2. The van der Waals surface area contributed by atoms with Gasteiger partial charge in [-0.25, -0.2) is 0 Å². The second kappa shape index (κ2) is 1.87. The molecule has 0 aromatic rings. The number of nitrogens with zero attached hydrogens (tertiary/aromatic N) is 2. The molecule has 0 amide bonds. The Bertz CT molecular complexity index is 92.6. The summed E-state index contributed by atoms with van der Waals surface area (Å²) in [7, 11) is 0. The normalized spacial score (nSPS) is 28.4. The highest BCUT2D eigenvalue weighted by Crippen LogP contribution is 1.87. The van der Waals surface area contributed by atoms with Gasteiger partial charge in [-0.3, -0.25) is 9.98 Å². The summed E-state index contributed by atoms with van der Waals surface area (Å²) in [6.45, 7) is 2.78. The Balaban J connectivity index is 2.49. The molecule has 38 valence electrons. The van der Waals surface area contributed by atoms with Crippen LogP contribution < -0.4 is 0 Å². The van der Waals surface area contributed by atoms with Gasteiger partial charge < -0.3 is 0 Å². The highest BCUT2D eigenvalue weighted by Gasteiger charge is 1.92. The Kier molecular flexibility index (Phi) is 1.20. The molecule has 0 fully saturated rings. The van der Waals surface area contributed by atoms with Gasteiger partial charge in [0.1, 0.15) is 0 Å². The van der Waals surface area contributed by atoms with Crippen molar-refractivity contribution in [3.8, 4) is 0 Å². The van der Waals surface area contributed by atoms with Crippen LogP contribution in [-0.2, 0) is 0 Å². The number of hydrogen-bond acceptors (Lipinski definition) is 2. The Morgan fingerprint density at radius 2 is 2.57 bits per heavy atom. The second-order valence-electron chi connectivity index (χ2n) is 1.59. The van der Waals surface area contributed by atoms with Crippen LogP contribution in [0.2, 0.25) is 0 Å². The Morgan fingerprint density at radius 1 is 1.71 bits per heavy atom. The van der Waals surface area contributed by atoms with Crippen molar-refractivity contribution in [2.75, 3.05) is 6.54 Å². The predicted molar refractivity (Wildman–Crippen MR) is 31.3 cm³/mol. The van der Waals surface area contributed by atoms with E-state index in [-0.39, 0.29) is 0 Å². The van der Waals surface area contributed by atoms with Gasteiger partial charge in [-0.2, -0.15) is 0 Å². The molecule has 0 aromatic carbocycles. The lowest BCUT2D eigenvalue weighted by Gasteiger charge is -1.99. The largest absolute Gasteiger partial charge is 0.290 e. The third-order valence-corrected chi connectivity index (χ3v) is 0.849. The number of hydrogen-bond donors (Lipinski definition) is 0. The van der Waals surface area contributed by atoms with Crippen molar-refractivity contribution >= 4 is 12.4 Å². The molecule has 0 aliphatic carbocycles. The molecule has 1 unspecified atom stereocenters. The van der Waals surface area contributed by atoms with Gasteiger partial charge in [-0.1, -0.05) is 0 Å². The Labute approximate surface area is 43.0 Å². The summed E-state index contributed by atoms with van der Waals surface area (Å²) in [6, 6.07) is 0.314. The highest BCUT2D eigenvalue weighted by molar-refractivity contribution is 5.74. The minimum atomic E-state index is 0.314. The van der Waals surface area contributed by atoms with E-state index in [1.807, 2.05) is 19.4 Å². The number of rotatable bonds is 0. The van der Waals surface area contributed by atoms with Crippen LogP contribution in [0.5, 0.6) is 0 Å². The van der Waals surface area contributed by atoms with Gasteiger partial charge in [-0.05, 0) is 6.92 Å². The monoisotopic (exact) mass is 96.1 g/mol. The molecule has 1 aliphatic rings. The highest BCUT2D eigenvalue weighted by atomic mass is 14.9. The fraction of sp³-hybridized carbons (Fsp3) is 0.600. The first-order valence-electron chi connectivity index (χ1n) is 2.41. The van der Waals surface area contributed by atoms with E-state index in [1.165, 1.54) is 0 Å². The summed E-state index contributed by atoms with van der Waals surface area (Å²) < 4.78 is 0. The van der Waals surface area contributed by atoms with E-state index < -0.39 is 0 Å². The van der Waals surface area contributed by atoms with Crippen molar-refractivity contribution in [1.82, 2.24) is 0 Å². The molecule has 1 rings (SSSR count). The van der Waals surface area contributed by atoms with Gasteiger partial charge >= 0.3 is 0 Å². The zero-order chi connectivity index (χ0) is 5.11. The van der Waals surface area contributed by atoms with Crippen LogP contribution in [0.25, 0.3) is 0 Å². The molecule has 2 heteroatoms. The molecule has 0 aromatic heterocycles. The van der Waals surface area contributed by atoms with E-state index in [2.05, 4.69) is 9.98 Å². The molecule has 0 spiro atoms. The summed E-state index contributed by atoms with van der Waals surface area (Å²) in [5, 5.41) is 0. The van der Waals surface area contributed by atoms with E-state index in [1.54, 1.807) is 0 Å². The first-order chi connectivity index (χ1) is 3.39. The van der Waals surface area contributed by atoms with E-state index in [0.717, 1.165) is 6.54 Å². The maximum atomic E-state index is 4.06. The Morgan fingerprint density at radius 3 is 2.86 bits per heavy atom. The SMILES string of the molecule is CC1C=NCC=N1. The van der Waals surface area contributed by atoms with E-state index in [4.69, 9.17) is 0 Å². The maximum absolute atomic E-state index is 4.06. The van der Waals surface area contributed by atoms with Crippen molar-refractivity contribution in [3.63, 3.8) is 0 Å². The average molecular weight is 96.1 g/mol. The van der Waals surface area contributed by atoms with Crippen LogP contribution >= 0.6 is 0 Å². The smallest absolute Gasteiger partial charge is 0.0815 e. The first-order valence-corrected chi connectivity index (χ1v) is 2.41. The minimum absolute atomic E-state index is 0.314. The molecule has 7 heavy (non-hydrogen) atoms. The van der Waals surface area contributed by atoms with Crippen molar-refractivity contribution in [2.24, 2.45) is 9.98 Å². The van der Waals surface area contributed by atoms with Crippen molar-refractivity contribution in [1.29, 1.82) is 0 Å². The lowest BCUT2D eigenvalue weighted by Crippen LogP contribution is -2.05. The molecular formula is C5H8N2. The molecule has 0 saturated carbocycles. The molecule has 1 atom stereocenters. The average Bonchev–Trinajstić information content (AvgIpc) is 1.69. The van der Waals surface area contributed by atoms with Crippen LogP contribution in [0.15, 0.2) is 9.98 Å². The molecule has 0 saturated heterocycles. The summed E-state index contributed by atoms with van der Waals surface area (Å²) in [5.41, 5.74) is 0. The van der Waals surface area contributed by atoms with Crippen molar-refractivity contribution in [2.45, 2.75) is 13.0 Å². The van der Waals surface area contributed by atoms with E-state index in [0.29, 0.717) is 6.04 Å². The first kappa shape index (κ1) is 4.50. The quantitative estimate of drug-likeness (QED) is 0.420. The van der Waals surface area contributed by atoms with Gasteiger partial charge in [-0.15, -0.1) is 0 Å². The molecule has 1 heterocycles. The van der Waals surface area contributed by atoms with Gasteiger partial charge in [0.05, 0.1) is 12.6 Å². The van der Waals surface area contributed by atoms with Gasteiger partial charge in [0, 0.05) is 12.4 Å². The Hall–Kier alpha value is -0.660. The topological polar surface area (TPSA) is 24.7 Å². The standard InChI is InChI=1S/C5H8N2/c1-5-4-6-2-3-7-5/h3-5H,2H2,1H3. The predicted octanol–water partition coefficient (Wildman–Crippen LogP) is 0.530. The van der Waals surface area contributed by atoms with E-state index >= 15 is 0 Å². The minimum Gasteiger partial charge on any atom is -0.290 e. The molecule has 2 nitrogen and oxygen atoms in total. The zero-order valence-corrected chi connectivity index (χ0v) is 4.33. The van der Waals surface area contributed by atoms with Crippen LogP contribution in [0.1, 0.15) is 6.92 Å². The van der Waals surface area contributed by atoms with Crippen LogP contribution in [0.3, 0.4) is 0 Å². The molecule has 0 radical (unpaired) electrons.